The van der Waals surface area contributed by atoms with Gasteiger partial charge in [-0.05, 0) is 6.42 Å². The SMILES string of the molecule is CCCCCCCCCCCCCC(=O)O[13CH3]. The molecular formula is C15H30O2. The number of hydrogen-bond acceptors (Lipinski definition) is 2. The minimum absolute atomic E-state index is 0.0686. The van der Waals surface area contributed by atoms with Crippen molar-refractivity contribution >= 4 is 5.97 Å². The van der Waals surface area contributed by atoms with Gasteiger partial charge < -0.3 is 4.74 Å². The zero-order chi connectivity index (χ0) is 12.8. The van der Waals surface area contributed by atoms with Gasteiger partial charge in [-0.25, -0.2) is 0 Å². The molecule has 0 saturated carbocycles. The largest absolute Gasteiger partial charge is 0.469 e. The number of hydrogen-bond donors (Lipinski definition) is 0. The van der Waals surface area contributed by atoms with Gasteiger partial charge in [-0.2, -0.15) is 0 Å². The number of carbonyl (C=O) groups excluding carboxylic acids is 1. The summed E-state index contributed by atoms with van der Waals surface area (Å²) < 4.78 is 4.60. The summed E-state index contributed by atoms with van der Waals surface area (Å²) >= 11 is 0. The third-order valence-electron chi connectivity index (χ3n) is 3.21. The van der Waals surface area contributed by atoms with Crippen molar-refractivity contribution in [2.45, 2.75) is 84.0 Å². The average molecular weight is 243 g/mol. The van der Waals surface area contributed by atoms with Crippen LogP contribution >= 0.6 is 0 Å². The molecule has 0 aliphatic heterocycles. The molecule has 0 aromatic carbocycles. The van der Waals surface area contributed by atoms with E-state index in [9.17, 15) is 4.79 Å². The maximum absolute atomic E-state index is 10.8. The number of carbonyl (C=O) groups is 1. The van der Waals surface area contributed by atoms with Gasteiger partial charge in [0.2, 0.25) is 0 Å². The molecule has 2 nitrogen and oxygen atoms in total. The van der Waals surface area contributed by atoms with E-state index in [0.29, 0.717) is 6.42 Å². The maximum atomic E-state index is 10.8. The minimum Gasteiger partial charge on any atom is -0.469 e. The van der Waals surface area contributed by atoms with Crippen molar-refractivity contribution in [2.24, 2.45) is 0 Å². The van der Waals surface area contributed by atoms with Gasteiger partial charge >= 0.3 is 5.97 Å². The van der Waals surface area contributed by atoms with Crippen LogP contribution in [0, 0.1) is 0 Å². The lowest BCUT2D eigenvalue weighted by atomic mass is 10.1. The standard InChI is InChI=1S/C15H30O2/c1-3-4-5-6-7-8-9-10-11-12-13-14-15(16)17-2/h3-14H2,1-2H3/i2+1. The van der Waals surface area contributed by atoms with Crippen LogP contribution in [-0.4, -0.2) is 13.1 Å². The highest BCUT2D eigenvalue weighted by molar-refractivity contribution is 5.68. The third-order valence-corrected chi connectivity index (χ3v) is 3.21. The molecule has 0 atom stereocenters. The van der Waals surface area contributed by atoms with Crippen LogP contribution in [0.4, 0.5) is 0 Å². The summed E-state index contributed by atoms with van der Waals surface area (Å²) in [6, 6.07) is 0. The summed E-state index contributed by atoms with van der Waals surface area (Å²) in [5, 5.41) is 0. The predicted octanol–water partition coefficient (Wildman–Crippen LogP) is 4.86. The molecular weight excluding hydrogens is 213 g/mol. The van der Waals surface area contributed by atoms with Crippen molar-refractivity contribution in [1.82, 2.24) is 0 Å². The highest BCUT2D eigenvalue weighted by Gasteiger charge is 1.98. The van der Waals surface area contributed by atoms with E-state index in [1.807, 2.05) is 0 Å². The lowest BCUT2D eigenvalue weighted by Crippen LogP contribution is -1.99. The molecule has 102 valence electrons. The summed E-state index contributed by atoms with van der Waals surface area (Å²) in [4.78, 5) is 10.8. The second-order valence-electron chi connectivity index (χ2n) is 4.86. The van der Waals surface area contributed by atoms with Gasteiger partial charge in [0.1, 0.15) is 0 Å². The molecule has 0 unspecified atom stereocenters. The number of methoxy groups -OCH3 is 1. The Bertz CT molecular complexity index is 166. The van der Waals surface area contributed by atoms with E-state index in [-0.39, 0.29) is 5.97 Å². The Labute approximate surface area is 107 Å². The highest BCUT2D eigenvalue weighted by atomic mass is 16.6. The number of rotatable bonds is 12. The average Bonchev–Trinajstić information content (AvgIpc) is 2.35. The molecule has 0 rings (SSSR count). The molecule has 0 aliphatic carbocycles. The number of unbranched alkanes of at least 4 members (excludes halogenated alkanes) is 10. The smallest absolute Gasteiger partial charge is 0.305 e. The fourth-order valence-electron chi connectivity index (χ4n) is 2.04. The molecule has 0 aromatic heterocycles. The van der Waals surface area contributed by atoms with Crippen molar-refractivity contribution in [1.29, 1.82) is 0 Å². The zero-order valence-electron chi connectivity index (χ0n) is 11.8. The Balaban J connectivity index is 2.96. The van der Waals surface area contributed by atoms with E-state index in [4.69, 9.17) is 0 Å². The van der Waals surface area contributed by atoms with Crippen molar-refractivity contribution in [2.75, 3.05) is 7.11 Å². The van der Waals surface area contributed by atoms with Gasteiger partial charge in [-0.1, -0.05) is 71.1 Å². The van der Waals surface area contributed by atoms with Crippen LogP contribution in [-0.2, 0) is 9.53 Å². The minimum atomic E-state index is -0.0686. The molecule has 0 bridgehead atoms. The van der Waals surface area contributed by atoms with Crippen LogP contribution in [0.15, 0.2) is 0 Å². The third kappa shape index (κ3) is 13.4. The Kier molecular flexibility index (Phi) is 13.1. The molecule has 0 radical (unpaired) electrons. The Morgan fingerprint density at radius 3 is 1.59 bits per heavy atom. The first-order chi connectivity index (χ1) is 8.31. The normalized spacial score (nSPS) is 10.5. The fourth-order valence-corrected chi connectivity index (χ4v) is 2.04. The summed E-state index contributed by atoms with van der Waals surface area (Å²) in [5.74, 6) is -0.0686. The molecule has 0 heterocycles. The molecule has 0 fully saturated rings. The second-order valence-corrected chi connectivity index (χ2v) is 4.86. The predicted molar refractivity (Wildman–Crippen MR) is 73.1 cm³/mol. The van der Waals surface area contributed by atoms with Gasteiger partial charge in [0.15, 0.2) is 0 Å². The van der Waals surface area contributed by atoms with Crippen LogP contribution in [0.25, 0.3) is 0 Å². The van der Waals surface area contributed by atoms with E-state index >= 15 is 0 Å². The summed E-state index contributed by atoms with van der Waals surface area (Å²) in [7, 11) is 1.46. The van der Waals surface area contributed by atoms with Crippen LogP contribution in [0.1, 0.15) is 84.0 Å². The maximum Gasteiger partial charge on any atom is 0.305 e. The van der Waals surface area contributed by atoms with Crippen molar-refractivity contribution in [3.05, 3.63) is 0 Å². The highest BCUT2D eigenvalue weighted by Crippen LogP contribution is 2.11. The molecule has 0 aromatic rings. The van der Waals surface area contributed by atoms with Gasteiger partial charge in [0.25, 0.3) is 0 Å². The van der Waals surface area contributed by atoms with Gasteiger partial charge in [0, 0.05) is 6.42 Å². The summed E-state index contributed by atoms with van der Waals surface area (Å²) in [6.07, 6.45) is 15.1. The van der Waals surface area contributed by atoms with Crippen molar-refractivity contribution < 1.29 is 9.53 Å². The first-order valence-electron chi connectivity index (χ1n) is 7.38. The lowest BCUT2D eigenvalue weighted by molar-refractivity contribution is -0.140. The molecule has 2 heteroatoms. The lowest BCUT2D eigenvalue weighted by Gasteiger charge is -2.02. The van der Waals surface area contributed by atoms with E-state index < -0.39 is 0 Å². The zero-order valence-corrected chi connectivity index (χ0v) is 11.8. The van der Waals surface area contributed by atoms with Crippen LogP contribution < -0.4 is 0 Å². The molecule has 0 amide bonds. The van der Waals surface area contributed by atoms with Gasteiger partial charge in [0.05, 0.1) is 7.11 Å². The summed E-state index contributed by atoms with van der Waals surface area (Å²) in [5.41, 5.74) is 0. The number of ether oxygens (including phenoxy) is 1. The van der Waals surface area contributed by atoms with Crippen molar-refractivity contribution in [3.63, 3.8) is 0 Å². The Morgan fingerprint density at radius 1 is 0.765 bits per heavy atom. The summed E-state index contributed by atoms with van der Waals surface area (Å²) in [6.45, 7) is 2.26. The molecule has 0 spiro atoms. The first-order valence-corrected chi connectivity index (χ1v) is 7.38. The van der Waals surface area contributed by atoms with Gasteiger partial charge in [-0.3, -0.25) is 4.79 Å². The van der Waals surface area contributed by atoms with Crippen LogP contribution in [0.3, 0.4) is 0 Å². The molecule has 0 saturated heterocycles. The monoisotopic (exact) mass is 243 g/mol. The second kappa shape index (κ2) is 13.5. The Morgan fingerprint density at radius 2 is 1.18 bits per heavy atom. The van der Waals surface area contributed by atoms with E-state index in [1.54, 1.807) is 0 Å². The van der Waals surface area contributed by atoms with E-state index in [1.165, 1.54) is 71.3 Å². The quantitative estimate of drug-likeness (QED) is 0.278. The topological polar surface area (TPSA) is 26.3 Å². The van der Waals surface area contributed by atoms with Crippen LogP contribution in [0.2, 0.25) is 0 Å². The molecule has 17 heavy (non-hydrogen) atoms. The van der Waals surface area contributed by atoms with Crippen LogP contribution in [0.5, 0.6) is 0 Å². The molecule has 0 N–H and O–H groups in total. The van der Waals surface area contributed by atoms with E-state index in [0.717, 1.165) is 6.42 Å². The van der Waals surface area contributed by atoms with E-state index in [2.05, 4.69) is 11.7 Å². The Hall–Kier alpha value is -0.530. The van der Waals surface area contributed by atoms with Gasteiger partial charge in [-0.15, -0.1) is 0 Å². The van der Waals surface area contributed by atoms with Crippen molar-refractivity contribution in [3.8, 4) is 0 Å². The molecule has 0 aliphatic rings. The number of esters is 1. The fraction of sp³-hybridized carbons (Fsp3) is 0.933. The first kappa shape index (κ1) is 16.5.